The monoisotopic (exact) mass is 420 g/mol. The van der Waals surface area contributed by atoms with E-state index >= 15 is 0 Å². The fourth-order valence-electron chi connectivity index (χ4n) is 2.76. The summed E-state index contributed by atoms with van der Waals surface area (Å²) in [4.78, 5) is 2.25. The Morgan fingerprint density at radius 3 is 3.18 bits per heavy atom. The van der Waals surface area contributed by atoms with Crippen LogP contribution in [0.5, 0.6) is 5.75 Å². The second-order valence-corrected chi connectivity index (χ2v) is 5.63. The van der Waals surface area contributed by atoms with Gasteiger partial charge in [0.05, 0.1) is 0 Å². The summed E-state index contributed by atoms with van der Waals surface area (Å²) in [5, 5.41) is 9.58. The third-order valence-electron chi connectivity index (χ3n) is 3.76. The second kappa shape index (κ2) is 4.60. The number of likely N-dealkylation sites (N-methyl/N-ethyl adjacent to an activating group) is 1. The van der Waals surface area contributed by atoms with E-state index < -0.39 is 4.75 Å². The third kappa shape index (κ3) is 2.18. The van der Waals surface area contributed by atoms with Crippen LogP contribution in [0, 0.1) is 6.07 Å². The maximum Gasteiger partial charge on any atom is 0.0299 e. The molecule has 2 bridgehead atoms. The molecule has 1 fully saturated rings. The number of phenols is 1. The minimum Gasteiger partial charge on any atom is -0.534 e. The molecule has 1 aliphatic heterocycles. The zero-order chi connectivity index (χ0) is 12.2. The first-order valence-electron chi connectivity index (χ1n) is 6.19. The largest absolute Gasteiger partial charge is 0.534 e. The van der Waals surface area contributed by atoms with Gasteiger partial charge in [0.1, 0.15) is 0 Å². The molecule has 1 N–H and O–H groups in total. The maximum atomic E-state index is 9.58. The third-order valence-corrected chi connectivity index (χ3v) is 4.35. The van der Waals surface area contributed by atoms with Crippen molar-refractivity contribution in [3.05, 3.63) is 29.3 Å². The number of nitrogens with zero attached hydrogens (tertiary/aromatic N) is 1. The van der Waals surface area contributed by atoms with Crippen molar-refractivity contribution in [2.75, 3.05) is 13.6 Å². The van der Waals surface area contributed by atoms with Gasteiger partial charge in [0.15, 0.2) is 0 Å². The molecule has 1 aromatic rings. The molecule has 0 saturated carbocycles. The molecule has 1 saturated heterocycles. The van der Waals surface area contributed by atoms with Crippen molar-refractivity contribution in [2.45, 2.75) is 30.0 Å². The summed E-state index contributed by atoms with van der Waals surface area (Å²) in [6, 6.07) is 6.86. The van der Waals surface area contributed by atoms with Gasteiger partial charge in [-0.15, -0.1) is 23.3 Å². The number of rotatable bonds is 0. The minimum atomic E-state index is -0.455. The predicted molar refractivity (Wildman–Crippen MR) is 67.0 cm³/mol. The Kier molecular flexibility index (Phi) is 3.27. The summed E-state index contributed by atoms with van der Waals surface area (Å²) < 4.78 is 7.94. The maximum absolute atomic E-state index is 9.58. The van der Waals surface area contributed by atoms with Crippen LogP contribution in [0.1, 0.15) is 25.3 Å². The Hall–Kier alpha value is 0.0183. The van der Waals surface area contributed by atoms with Crippen molar-refractivity contribution in [1.82, 2.24) is 4.90 Å². The van der Waals surface area contributed by atoms with Gasteiger partial charge in [-0.1, -0.05) is 6.42 Å². The molecular formula is C13H16NOSW-. The Morgan fingerprint density at radius 1 is 1.65 bits per heavy atom. The van der Waals surface area contributed by atoms with Gasteiger partial charge < -0.3 is 10.0 Å². The summed E-state index contributed by atoms with van der Waals surface area (Å²) in [7, 11) is 2.08. The number of hydrogen-bond acceptors (Lipinski definition) is 3. The van der Waals surface area contributed by atoms with Crippen molar-refractivity contribution in [1.29, 1.82) is 0 Å². The Labute approximate surface area is 123 Å². The number of fused-ring (bicyclic) bond motifs is 4. The van der Waals surface area contributed by atoms with Gasteiger partial charge in [-0.25, -0.2) is 0 Å². The number of benzene rings is 1. The molecule has 17 heavy (non-hydrogen) atoms. The van der Waals surface area contributed by atoms with Gasteiger partial charge in [0, 0.05) is 39.0 Å². The first-order valence-corrected chi connectivity index (χ1v) is 6.06. The molecule has 92 valence electrons. The summed E-state index contributed by atoms with van der Waals surface area (Å²) in [6.07, 6.45) is 1.44. The van der Waals surface area contributed by atoms with E-state index in [0.717, 1.165) is 24.9 Å². The van der Waals surface area contributed by atoms with Crippen molar-refractivity contribution in [3.63, 3.8) is 0 Å². The van der Waals surface area contributed by atoms with E-state index in [4.69, 9.17) is 14.0 Å². The minimum absolute atomic E-state index is 0. The van der Waals surface area contributed by atoms with Crippen LogP contribution in [-0.4, -0.2) is 29.6 Å². The van der Waals surface area contributed by atoms with Crippen LogP contribution in [0.15, 0.2) is 12.1 Å². The number of thiol groups is 1. The van der Waals surface area contributed by atoms with Crippen LogP contribution in [0.3, 0.4) is 0 Å². The van der Waals surface area contributed by atoms with E-state index in [2.05, 4.69) is 18.0 Å². The van der Waals surface area contributed by atoms with E-state index in [1.807, 2.05) is 6.07 Å². The van der Waals surface area contributed by atoms with Crippen molar-refractivity contribution < 1.29 is 27.5 Å². The van der Waals surface area contributed by atoms with E-state index in [1.54, 1.807) is 6.07 Å². The second-order valence-electron chi connectivity index (χ2n) is 4.84. The smallest absolute Gasteiger partial charge is 0.0299 e. The zero-order valence-corrected chi connectivity index (χ0v) is 13.5. The topological polar surface area (TPSA) is 23.5 Å². The van der Waals surface area contributed by atoms with Crippen LogP contribution < -0.4 is 0 Å². The average molecular weight is 420 g/mol. The summed E-state index contributed by atoms with van der Waals surface area (Å²) >= 11 is 4.77. The van der Waals surface area contributed by atoms with Gasteiger partial charge >= 0.3 is 0 Å². The van der Waals surface area contributed by atoms with E-state index in [0.29, 0.717) is 0 Å². The Bertz CT molecular complexity index is 472. The fraction of sp³-hybridized carbons (Fsp3) is 0.538. The first kappa shape index (κ1) is 12.1. The van der Waals surface area contributed by atoms with E-state index in [1.165, 1.54) is 5.56 Å². The zero-order valence-electron chi connectivity index (χ0n) is 10.7. The van der Waals surface area contributed by atoms with Crippen LogP contribution in [0.4, 0.5) is 0 Å². The molecule has 1 heterocycles. The average Bonchev–Trinajstić information content (AvgIpc) is 2.30. The quantitative estimate of drug-likeness (QED) is 0.496. The van der Waals surface area contributed by atoms with Crippen LogP contribution in [0.25, 0.3) is 0 Å². The summed E-state index contributed by atoms with van der Waals surface area (Å²) in [5.74, 6) is 0.154. The SMILES string of the molecule is [3H]C1[C@@H]2Cc3ccc(O)[c-]c3[C@@]1(S)CCN2C.[W]. The van der Waals surface area contributed by atoms with E-state index in [9.17, 15) is 5.11 Å². The molecule has 0 radical (unpaired) electrons. The molecule has 3 atom stereocenters. The van der Waals surface area contributed by atoms with Gasteiger partial charge in [0.2, 0.25) is 0 Å². The van der Waals surface area contributed by atoms with Gasteiger partial charge in [0.25, 0.3) is 0 Å². The number of aromatic hydroxyl groups is 1. The Balaban J connectivity index is 0.00000120. The molecule has 0 aromatic heterocycles. The number of piperidine rings is 1. The Morgan fingerprint density at radius 2 is 2.41 bits per heavy atom. The molecule has 4 heteroatoms. The molecule has 1 aliphatic carbocycles. The number of hydrogen-bond donors (Lipinski definition) is 2. The summed E-state index contributed by atoms with van der Waals surface area (Å²) in [6.45, 7) is 0.951. The first-order chi connectivity index (χ1) is 8.02. The molecule has 1 unspecified atom stereocenters. The predicted octanol–water partition coefficient (Wildman–Crippen LogP) is 1.97. The normalized spacial score (nSPS) is 36.7. The van der Waals surface area contributed by atoms with Gasteiger partial charge in [-0.2, -0.15) is 18.7 Å². The van der Waals surface area contributed by atoms with Crippen molar-refractivity contribution in [3.8, 4) is 5.75 Å². The summed E-state index contributed by atoms with van der Waals surface area (Å²) in [5.41, 5.74) is 2.11. The molecule has 2 aliphatic rings. The van der Waals surface area contributed by atoms with Gasteiger partial charge in [-0.3, -0.25) is 0 Å². The molecular weight excluding hydrogens is 402 g/mol. The van der Waals surface area contributed by atoms with E-state index in [-0.39, 0.29) is 39.3 Å². The van der Waals surface area contributed by atoms with Crippen LogP contribution in [-0.2, 0) is 32.2 Å². The van der Waals surface area contributed by atoms with Crippen LogP contribution in [0.2, 0.25) is 0 Å². The standard InChI is InChI=1S/C13H16NOS.W/c1-14-5-4-13(16)8-10(14)6-9-2-3-11(15)7-12(9)13;/h2-3,10,15-16H,4-6,8H2,1H3;/q-1;/t10-,13+;/m0./s1/i8T;/t8?,10-,13+;. The van der Waals surface area contributed by atoms with Crippen molar-refractivity contribution in [2.24, 2.45) is 0 Å². The fourth-order valence-corrected chi connectivity index (χ4v) is 3.23. The number of phenolic OH excluding ortho intramolecular Hbond substituents is 1. The molecule has 0 spiro atoms. The van der Waals surface area contributed by atoms with Crippen molar-refractivity contribution >= 4 is 12.6 Å². The molecule has 2 nitrogen and oxygen atoms in total. The molecule has 3 rings (SSSR count). The molecule has 1 aromatic carbocycles. The van der Waals surface area contributed by atoms with Crippen LogP contribution >= 0.6 is 12.6 Å². The molecule has 0 amide bonds. The number of likely N-dealkylation sites (tertiary alicyclic amines) is 1. The van der Waals surface area contributed by atoms with Gasteiger partial charge in [-0.05, 0) is 26.4 Å².